The first-order chi connectivity index (χ1) is 5.70. The fourth-order valence-electron chi connectivity index (χ4n) is 0.614. The van der Waals surface area contributed by atoms with E-state index in [-0.39, 0.29) is 6.54 Å². The first-order valence-corrected chi connectivity index (χ1v) is 4.25. The van der Waals surface area contributed by atoms with E-state index < -0.39 is 5.91 Å². The third-order valence-electron chi connectivity index (χ3n) is 1.10. The number of rotatable bonds is 3. The Bertz CT molecular complexity index is 291. The standard InChI is InChI=1S/C6H7IN4O/c7-4-1-9-3-11-6(4)10-2-5(8)12/h1,3H,2H2,(H2,8,12)(H,9,10,11). The molecule has 0 bridgehead atoms. The van der Waals surface area contributed by atoms with Crippen LogP contribution in [0.1, 0.15) is 0 Å². The average molecular weight is 278 g/mol. The minimum atomic E-state index is -0.413. The van der Waals surface area contributed by atoms with Crippen LogP contribution in [0.5, 0.6) is 0 Å². The molecule has 0 saturated heterocycles. The summed E-state index contributed by atoms with van der Waals surface area (Å²) in [5.74, 6) is 0.216. The molecule has 1 aromatic rings. The van der Waals surface area contributed by atoms with E-state index in [1.165, 1.54) is 6.33 Å². The number of nitrogens with two attached hydrogens (primary N) is 1. The lowest BCUT2D eigenvalue weighted by atomic mass is 10.5. The van der Waals surface area contributed by atoms with Gasteiger partial charge in [-0.15, -0.1) is 0 Å². The number of nitrogens with zero attached hydrogens (tertiary/aromatic N) is 2. The predicted octanol–water partition coefficient (Wildman–Crippen LogP) is -0.0216. The number of anilines is 1. The van der Waals surface area contributed by atoms with Crippen molar-refractivity contribution in [3.05, 3.63) is 16.1 Å². The van der Waals surface area contributed by atoms with Gasteiger partial charge in [0.2, 0.25) is 5.91 Å². The van der Waals surface area contributed by atoms with Crippen LogP contribution in [0.4, 0.5) is 5.82 Å². The lowest BCUT2D eigenvalue weighted by molar-refractivity contribution is -0.116. The van der Waals surface area contributed by atoms with Crippen LogP contribution in [-0.2, 0) is 4.79 Å². The highest BCUT2D eigenvalue weighted by Gasteiger charge is 2.00. The number of amides is 1. The maximum Gasteiger partial charge on any atom is 0.236 e. The van der Waals surface area contributed by atoms with E-state index in [0.29, 0.717) is 5.82 Å². The molecule has 1 heterocycles. The molecule has 0 atom stereocenters. The third-order valence-corrected chi connectivity index (χ3v) is 1.89. The zero-order valence-corrected chi connectivity index (χ0v) is 8.28. The molecule has 1 amide bonds. The van der Waals surface area contributed by atoms with Gasteiger partial charge >= 0.3 is 0 Å². The molecule has 0 radical (unpaired) electrons. The van der Waals surface area contributed by atoms with Crippen molar-refractivity contribution < 1.29 is 4.79 Å². The van der Waals surface area contributed by atoms with Crippen molar-refractivity contribution in [3.8, 4) is 0 Å². The molecule has 0 aliphatic rings. The summed E-state index contributed by atoms with van der Waals surface area (Å²) in [6.45, 7) is 0.0903. The molecule has 6 heteroatoms. The van der Waals surface area contributed by atoms with Gasteiger partial charge in [-0.05, 0) is 22.6 Å². The molecular formula is C6H7IN4O. The van der Waals surface area contributed by atoms with Crippen LogP contribution in [0.3, 0.4) is 0 Å². The Labute approximate surface area is 82.9 Å². The Kier molecular flexibility index (Phi) is 3.20. The third kappa shape index (κ3) is 2.61. The lowest BCUT2D eigenvalue weighted by Gasteiger charge is -2.02. The molecule has 0 unspecified atom stereocenters. The van der Waals surface area contributed by atoms with Crippen LogP contribution in [0.25, 0.3) is 0 Å². The van der Waals surface area contributed by atoms with Gasteiger partial charge in [-0.3, -0.25) is 4.79 Å². The molecular weight excluding hydrogens is 271 g/mol. The van der Waals surface area contributed by atoms with Crippen molar-refractivity contribution in [2.75, 3.05) is 11.9 Å². The monoisotopic (exact) mass is 278 g/mol. The second-order valence-corrected chi connectivity index (χ2v) is 3.20. The van der Waals surface area contributed by atoms with Crippen LogP contribution in [0.15, 0.2) is 12.5 Å². The van der Waals surface area contributed by atoms with Crippen LogP contribution < -0.4 is 11.1 Å². The second-order valence-electron chi connectivity index (χ2n) is 2.04. The fourth-order valence-corrected chi connectivity index (χ4v) is 1.10. The molecule has 3 N–H and O–H groups in total. The van der Waals surface area contributed by atoms with Crippen LogP contribution >= 0.6 is 22.6 Å². The lowest BCUT2D eigenvalue weighted by Crippen LogP contribution is -2.22. The predicted molar refractivity (Wildman–Crippen MR) is 52.4 cm³/mol. The number of hydrogen-bond donors (Lipinski definition) is 2. The Balaban J connectivity index is 2.63. The van der Waals surface area contributed by atoms with E-state index in [1.807, 2.05) is 0 Å². The first-order valence-electron chi connectivity index (χ1n) is 3.18. The van der Waals surface area contributed by atoms with Gasteiger partial charge in [0.25, 0.3) is 0 Å². The molecule has 0 aliphatic heterocycles. The molecule has 1 rings (SSSR count). The van der Waals surface area contributed by atoms with Gasteiger partial charge in [0.05, 0.1) is 10.1 Å². The van der Waals surface area contributed by atoms with E-state index in [1.54, 1.807) is 6.20 Å². The number of primary amides is 1. The highest BCUT2D eigenvalue weighted by atomic mass is 127. The fraction of sp³-hybridized carbons (Fsp3) is 0.167. The van der Waals surface area contributed by atoms with E-state index in [0.717, 1.165) is 3.57 Å². The summed E-state index contributed by atoms with van der Waals surface area (Å²) in [7, 11) is 0. The smallest absolute Gasteiger partial charge is 0.236 e. The van der Waals surface area contributed by atoms with Crippen molar-refractivity contribution in [3.63, 3.8) is 0 Å². The maximum atomic E-state index is 10.4. The highest BCUT2D eigenvalue weighted by molar-refractivity contribution is 14.1. The van der Waals surface area contributed by atoms with Gasteiger partial charge in [-0.2, -0.15) is 0 Å². The number of carbonyl (C=O) groups is 1. The van der Waals surface area contributed by atoms with Crippen molar-refractivity contribution in [2.45, 2.75) is 0 Å². The van der Waals surface area contributed by atoms with Crippen molar-refractivity contribution >= 4 is 34.3 Å². The Morgan fingerprint density at radius 1 is 1.75 bits per heavy atom. The second kappa shape index (κ2) is 4.19. The molecule has 0 aromatic carbocycles. The Hall–Kier alpha value is -0.920. The number of aromatic nitrogens is 2. The first kappa shape index (κ1) is 9.17. The quantitative estimate of drug-likeness (QED) is 0.761. The van der Waals surface area contributed by atoms with E-state index in [4.69, 9.17) is 5.73 Å². The van der Waals surface area contributed by atoms with Crippen molar-refractivity contribution in [1.82, 2.24) is 9.97 Å². The van der Waals surface area contributed by atoms with Gasteiger partial charge in [0, 0.05) is 6.20 Å². The van der Waals surface area contributed by atoms with Crippen LogP contribution in [-0.4, -0.2) is 22.4 Å². The summed E-state index contributed by atoms with van der Waals surface area (Å²) in [6.07, 6.45) is 3.06. The summed E-state index contributed by atoms with van der Waals surface area (Å²) < 4.78 is 0.858. The normalized spacial score (nSPS) is 9.42. The number of hydrogen-bond acceptors (Lipinski definition) is 4. The zero-order valence-electron chi connectivity index (χ0n) is 6.12. The average Bonchev–Trinajstić information content (AvgIpc) is 2.03. The topological polar surface area (TPSA) is 80.9 Å². The maximum absolute atomic E-state index is 10.4. The number of carbonyl (C=O) groups excluding carboxylic acids is 1. The summed E-state index contributed by atoms with van der Waals surface area (Å²) in [6, 6.07) is 0. The van der Waals surface area contributed by atoms with Gasteiger partial charge in [0.15, 0.2) is 0 Å². The molecule has 0 fully saturated rings. The van der Waals surface area contributed by atoms with Gasteiger partial charge in [-0.1, -0.05) is 0 Å². The highest BCUT2D eigenvalue weighted by Crippen LogP contribution is 2.11. The van der Waals surface area contributed by atoms with E-state index in [9.17, 15) is 4.79 Å². The Morgan fingerprint density at radius 3 is 3.08 bits per heavy atom. The number of nitrogens with one attached hydrogen (secondary N) is 1. The summed E-state index contributed by atoms with van der Waals surface area (Å²) >= 11 is 2.07. The number of halogens is 1. The summed E-state index contributed by atoms with van der Waals surface area (Å²) in [4.78, 5) is 18.1. The van der Waals surface area contributed by atoms with Gasteiger partial charge < -0.3 is 11.1 Å². The summed E-state index contributed by atoms with van der Waals surface area (Å²) in [5, 5.41) is 2.78. The molecule has 64 valence electrons. The van der Waals surface area contributed by atoms with Gasteiger partial charge in [-0.25, -0.2) is 9.97 Å². The zero-order chi connectivity index (χ0) is 8.97. The molecule has 0 saturated carbocycles. The molecule has 1 aromatic heterocycles. The van der Waals surface area contributed by atoms with Crippen LogP contribution in [0.2, 0.25) is 0 Å². The van der Waals surface area contributed by atoms with Gasteiger partial charge in [0.1, 0.15) is 12.1 Å². The SMILES string of the molecule is NC(=O)CNc1ncncc1I. The summed E-state index contributed by atoms with van der Waals surface area (Å²) in [5.41, 5.74) is 4.94. The Morgan fingerprint density at radius 2 is 2.50 bits per heavy atom. The van der Waals surface area contributed by atoms with E-state index in [2.05, 4.69) is 37.9 Å². The molecule has 5 nitrogen and oxygen atoms in total. The molecule has 0 aliphatic carbocycles. The molecule has 0 spiro atoms. The minimum Gasteiger partial charge on any atom is -0.368 e. The van der Waals surface area contributed by atoms with Crippen LogP contribution in [0, 0.1) is 3.57 Å². The van der Waals surface area contributed by atoms with Crippen molar-refractivity contribution in [2.24, 2.45) is 5.73 Å². The van der Waals surface area contributed by atoms with Crippen molar-refractivity contribution in [1.29, 1.82) is 0 Å². The minimum absolute atomic E-state index is 0.0903. The molecule has 12 heavy (non-hydrogen) atoms. The largest absolute Gasteiger partial charge is 0.368 e. The van der Waals surface area contributed by atoms with E-state index >= 15 is 0 Å².